The molecule has 0 saturated carbocycles. The van der Waals surface area contributed by atoms with Gasteiger partial charge in [0.1, 0.15) is 5.76 Å². The average molecular weight is 360 g/mol. The molecule has 24 heavy (non-hydrogen) atoms. The summed E-state index contributed by atoms with van der Waals surface area (Å²) in [6.45, 7) is 0.542. The molecule has 0 atom stereocenters. The summed E-state index contributed by atoms with van der Waals surface area (Å²) in [6, 6.07) is 18.5. The van der Waals surface area contributed by atoms with Crippen LogP contribution in [0.15, 0.2) is 65.1 Å². The second-order valence-corrected chi connectivity index (χ2v) is 6.12. The normalized spacial score (nSPS) is 10.6. The van der Waals surface area contributed by atoms with Crippen molar-refractivity contribution in [1.82, 2.24) is 5.32 Å². The third-order valence-electron chi connectivity index (χ3n) is 3.57. The van der Waals surface area contributed by atoms with Gasteiger partial charge < -0.3 is 9.73 Å². The van der Waals surface area contributed by atoms with Gasteiger partial charge in [-0.1, -0.05) is 53.5 Å². The molecule has 3 aromatic rings. The molecular weight excluding hydrogens is 345 g/mol. The fraction of sp³-hybridized carbons (Fsp3) is 0.105. The van der Waals surface area contributed by atoms with Gasteiger partial charge in [-0.25, -0.2) is 0 Å². The summed E-state index contributed by atoms with van der Waals surface area (Å²) >= 11 is 12.0. The van der Waals surface area contributed by atoms with E-state index in [1.54, 1.807) is 30.3 Å². The Morgan fingerprint density at radius 3 is 2.54 bits per heavy atom. The standard InChI is InChI=1S/C19H15Cl2NO2/c20-14-6-7-15(16(21)12-14)17-8-9-18(24-17)19(23)22-11-10-13-4-2-1-3-5-13/h1-9,12H,10-11H2,(H,22,23). The molecule has 0 aliphatic heterocycles. The Balaban J connectivity index is 1.63. The van der Waals surface area contributed by atoms with Gasteiger partial charge in [-0.15, -0.1) is 0 Å². The SMILES string of the molecule is O=C(NCCc1ccccc1)c1ccc(-c2ccc(Cl)cc2Cl)o1. The Labute approximate surface area is 150 Å². The number of nitrogens with one attached hydrogen (secondary N) is 1. The lowest BCUT2D eigenvalue weighted by Gasteiger charge is -2.04. The number of amides is 1. The van der Waals surface area contributed by atoms with Gasteiger partial charge in [-0.3, -0.25) is 4.79 Å². The summed E-state index contributed by atoms with van der Waals surface area (Å²) < 4.78 is 5.62. The third kappa shape index (κ3) is 3.99. The van der Waals surface area contributed by atoms with Crippen LogP contribution in [0.3, 0.4) is 0 Å². The van der Waals surface area contributed by atoms with E-state index >= 15 is 0 Å². The quantitative estimate of drug-likeness (QED) is 0.677. The van der Waals surface area contributed by atoms with E-state index < -0.39 is 0 Å². The zero-order chi connectivity index (χ0) is 16.9. The van der Waals surface area contributed by atoms with Crippen LogP contribution in [0.25, 0.3) is 11.3 Å². The van der Waals surface area contributed by atoms with E-state index in [4.69, 9.17) is 27.6 Å². The van der Waals surface area contributed by atoms with E-state index in [9.17, 15) is 4.79 Å². The number of benzene rings is 2. The molecule has 0 aliphatic rings. The van der Waals surface area contributed by atoms with Gasteiger partial charge in [0.05, 0.1) is 5.02 Å². The van der Waals surface area contributed by atoms with Crippen LogP contribution in [0.4, 0.5) is 0 Å². The molecule has 0 saturated heterocycles. The Hall–Kier alpha value is -2.23. The van der Waals surface area contributed by atoms with Crippen molar-refractivity contribution >= 4 is 29.1 Å². The van der Waals surface area contributed by atoms with Crippen molar-refractivity contribution in [2.24, 2.45) is 0 Å². The van der Waals surface area contributed by atoms with Crippen molar-refractivity contribution in [3.63, 3.8) is 0 Å². The minimum Gasteiger partial charge on any atom is -0.451 e. The Bertz CT molecular complexity index is 844. The summed E-state index contributed by atoms with van der Waals surface area (Å²) in [5, 5.41) is 3.88. The third-order valence-corrected chi connectivity index (χ3v) is 4.12. The summed E-state index contributed by atoms with van der Waals surface area (Å²) in [7, 11) is 0. The first-order valence-corrected chi connectivity index (χ1v) is 8.26. The molecular formula is C19H15Cl2NO2. The molecule has 122 valence electrons. The van der Waals surface area contributed by atoms with Crippen LogP contribution in [-0.4, -0.2) is 12.5 Å². The Morgan fingerprint density at radius 1 is 1.00 bits per heavy atom. The van der Waals surface area contributed by atoms with E-state index in [0.29, 0.717) is 27.9 Å². The van der Waals surface area contributed by atoms with E-state index in [2.05, 4.69) is 5.32 Å². The van der Waals surface area contributed by atoms with Crippen molar-refractivity contribution in [2.75, 3.05) is 6.54 Å². The summed E-state index contributed by atoms with van der Waals surface area (Å²) in [5.41, 5.74) is 1.87. The van der Waals surface area contributed by atoms with Gasteiger partial charge in [-0.2, -0.15) is 0 Å². The van der Waals surface area contributed by atoms with Gasteiger partial charge >= 0.3 is 0 Å². The number of carbonyl (C=O) groups excluding carboxylic acids is 1. The van der Waals surface area contributed by atoms with Crippen molar-refractivity contribution in [1.29, 1.82) is 0 Å². The Morgan fingerprint density at radius 2 is 1.79 bits per heavy atom. The van der Waals surface area contributed by atoms with E-state index in [0.717, 1.165) is 6.42 Å². The molecule has 1 N–H and O–H groups in total. The first kappa shape index (κ1) is 16.6. The lowest BCUT2D eigenvalue weighted by molar-refractivity contribution is 0.0927. The zero-order valence-corrected chi connectivity index (χ0v) is 14.3. The minimum absolute atomic E-state index is 0.248. The number of hydrogen-bond acceptors (Lipinski definition) is 2. The van der Waals surface area contributed by atoms with Crippen LogP contribution in [0, 0.1) is 0 Å². The second-order valence-electron chi connectivity index (χ2n) is 5.28. The predicted octanol–water partition coefficient (Wildman–Crippen LogP) is 5.23. The van der Waals surface area contributed by atoms with E-state index in [1.165, 1.54) is 5.56 Å². The van der Waals surface area contributed by atoms with Crippen LogP contribution < -0.4 is 5.32 Å². The van der Waals surface area contributed by atoms with Crippen LogP contribution >= 0.6 is 23.2 Å². The summed E-state index contributed by atoms with van der Waals surface area (Å²) in [5.74, 6) is 0.538. The molecule has 1 aromatic heterocycles. The molecule has 2 aromatic carbocycles. The van der Waals surface area contributed by atoms with Gasteiger partial charge in [-0.05, 0) is 42.3 Å². The van der Waals surface area contributed by atoms with Crippen molar-refractivity contribution in [3.05, 3.63) is 82.0 Å². The van der Waals surface area contributed by atoms with Gasteiger partial charge in [0.25, 0.3) is 5.91 Å². The highest BCUT2D eigenvalue weighted by Gasteiger charge is 2.13. The molecule has 3 rings (SSSR count). The largest absolute Gasteiger partial charge is 0.451 e. The van der Waals surface area contributed by atoms with Crippen LogP contribution in [0.1, 0.15) is 16.1 Å². The van der Waals surface area contributed by atoms with E-state index in [1.807, 2.05) is 30.3 Å². The van der Waals surface area contributed by atoms with Gasteiger partial charge in [0.15, 0.2) is 5.76 Å². The molecule has 0 radical (unpaired) electrons. The molecule has 0 bridgehead atoms. The average Bonchev–Trinajstić information content (AvgIpc) is 3.05. The fourth-order valence-corrected chi connectivity index (χ4v) is 2.85. The molecule has 3 nitrogen and oxygen atoms in total. The number of furan rings is 1. The van der Waals surface area contributed by atoms with Crippen molar-refractivity contribution < 1.29 is 9.21 Å². The summed E-state index contributed by atoms with van der Waals surface area (Å²) in [6.07, 6.45) is 0.767. The molecule has 1 amide bonds. The predicted molar refractivity (Wildman–Crippen MR) is 96.6 cm³/mol. The molecule has 1 heterocycles. The Kier molecular flexibility index (Phi) is 5.24. The molecule has 0 aliphatic carbocycles. The van der Waals surface area contributed by atoms with E-state index in [-0.39, 0.29) is 11.7 Å². The number of carbonyl (C=O) groups is 1. The number of hydrogen-bond donors (Lipinski definition) is 1. The highest BCUT2D eigenvalue weighted by atomic mass is 35.5. The molecule has 0 spiro atoms. The highest BCUT2D eigenvalue weighted by Crippen LogP contribution is 2.31. The highest BCUT2D eigenvalue weighted by molar-refractivity contribution is 6.36. The first-order chi connectivity index (χ1) is 11.6. The monoisotopic (exact) mass is 359 g/mol. The smallest absolute Gasteiger partial charge is 0.287 e. The number of rotatable bonds is 5. The molecule has 0 unspecified atom stereocenters. The first-order valence-electron chi connectivity index (χ1n) is 7.51. The zero-order valence-electron chi connectivity index (χ0n) is 12.8. The topological polar surface area (TPSA) is 42.2 Å². The maximum Gasteiger partial charge on any atom is 0.287 e. The second kappa shape index (κ2) is 7.56. The van der Waals surface area contributed by atoms with Crippen LogP contribution in [0.5, 0.6) is 0 Å². The lowest BCUT2D eigenvalue weighted by Crippen LogP contribution is -2.25. The summed E-state index contributed by atoms with van der Waals surface area (Å²) in [4.78, 5) is 12.2. The van der Waals surface area contributed by atoms with Gasteiger partial charge in [0.2, 0.25) is 0 Å². The molecule has 5 heteroatoms. The molecule has 0 fully saturated rings. The fourth-order valence-electron chi connectivity index (χ4n) is 2.35. The van der Waals surface area contributed by atoms with Crippen molar-refractivity contribution in [3.8, 4) is 11.3 Å². The lowest BCUT2D eigenvalue weighted by atomic mass is 10.1. The number of halogens is 2. The van der Waals surface area contributed by atoms with Crippen molar-refractivity contribution in [2.45, 2.75) is 6.42 Å². The maximum atomic E-state index is 12.2. The van der Waals surface area contributed by atoms with Crippen LogP contribution in [0.2, 0.25) is 10.0 Å². The minimum atomic E-state index is -0.248. The maximum absolute atomic E-state index is 12.2. The van der Waals surface area contributed by atoms with Crippen LogP contribution in [-0.2, 0) is 6.42 Å². The van der Waals surface area contributed by atoms with Gasteiger partial charge in [0, 0.05) is 17.1 Å².